The predicted molar refractivity (Wildman–Crippen MR) is 77.9 cm³/mol. The number of aromatic nitrogens is 2. The molecule has 2 rings (SSSR count). The Morgan fingerprint density at radius 1 is 1.43 bits per heavy atom. The first kappa shape index (κ1) is 14.4. The van der Waals surface area contributed by atoms with Gasteiger partial charge in [-0.3, -0.25) is 10.00 Å². The van der Waals surface area contributed by atoms with E-state index in [1.165, 1.54) is 6.07 Å². The van der Waals surface area contributed by atoms with E-state index in [9.17, 15) is 9.90 Å². The molecular formula is C14H15N5O2. The molecule has 7 nitrogen and oxygen atoms in total. The second-order valence-electron chi connectivity index (χ2n) is 4.45. The fourth-order valence-corrected chi connectivity index (χ4v) is 1.73. The van der Waals surface area contributed by atoms with E-state index in [0.29, 0.717) is 30.0 Å². The van der Waals surface area contributed by atoms with E-state index in [4.69, 9.17) is 5.26 Å². The Labute approximate surface area is 121 Å². The van der Waals surface area contributed by atoms with Gasteiger partial charge in [0.15, 0.2) is 5.82 Å². The first-order chi connectivity index (χ1) is 10.1. The van der Waals surface area contributed by atoms with Crippen LogP contribution in [0.4, 0.5) is 16.3 Å². The Morgan fingerprint density at radius 3 is 2.95 bits per heavy atom. The third kappa shape index (κ3) is 3.98. The molecular weight excluding hydrogens is 270 g/mol. The second-order valence-corrected chi connectivity index (χ2v) is 4.45. The van der Waals surface area contributed by atoms with Gasteiger partial charge in [0.2, 0.25) is 0 Å². The van der Waals surface area contributed by atoms with E-state index in [2.05, 4.69) is 15.7 Å². The summed E-state index contributed by atoms with van der Waals surface area (Å²) in [4.78, 5) is 11.8. The first-order valence-electron chi connectivity index (χ1n) is 6.36. The Morgan fingerprint density at radius 2 is 2.24 bits per heavy atom. The summed E-state index contributed by atoms with van der Waals surface area (Å²) in [7, 11) is 0. The number of hydrogen-bond acceptors (Lipinski definition) is 4. The number of aromatic hydroxyl groups is 1. The maximum absolute atomic E-state index is 11.8. The van der Waals surface area contributed by atoms with Gasteiger partial charge in [-0.15, -0.1) is 0 Å². The molecule has 0 saturated carbocycles. The van der Waals surface area contributed by atoms with Crippen molar-refractivity contribution < 1.29 is 9.90 Å². The number of rotatable bonds is 4. The van der Waals surface area contributed by atoms with E-state index in [1.807, 2.05) is 6.07 Å². The van der Waals surface area contributed by atoms with E-state index < -0.39 is 6.03 Å². The molecule has 0 bridgehead atoms. The maximum Gasteiger partial charge on any atom is 0.324 e. The number of urea groups is 1. The average molecular weight is 285 g/mol. The lowest BCUT2D eigenvalue weighted by Crippen LogP contribution is -2.19. The zero-order valence-corrected chi connectivity index (χ0v) is 11.5. The molecule has 0 fully saturated rings. The van der Waals surface area contributed by atoms with Crippen molar-refractivity contribution in [3.05, 3.63) is 36.0 Å². The van der Waals surface area contributed by atoms with Crippen molar-refractivity contribution >= 4 is 17.5 Å². The van der Waals surface area contributed by atoms with Crippen molar-refractivity contribution in [3.63, 3.8) is 0 Å². The summed E-state index contributed by atoms with van der Waals surface area (Å²) in [5.74, 6) is 0.582. The summed E-state index contributed by atoms with van der Waals surface area (Å²) in [6, 6.07) is 8.04. The predicted octanol–water partition coefficient (Wildman–Crippen LogP) is 2.45. The standard InChI is InChI=1S/C14H15N5O2/c1-10-9-11(3-4-12(10)20)16-14(21)17-13-5-8-19(18-13)7-2-6-15/h3-5,8-9,20H,2,7H2,1H3,(H2,16,17,18,21). The Kier molecular flexibility index (Phi) is 4.41. The van der Waals surface area contributed by atoms with Crippen molar-refractivity contribution in [1.82, 2.24) is 9.78 Å². The Bertz CT molecular complexity index is 687. The second kappa shape index (κ2) is 6.43. The topological polar surface area (TPSA) is 103 Å². The summed E-state index contributed by atoms with van der Waals surface area (Å²) in [5.41, 5.74) is 1.25. The first-order valence-corrected chi connectivity index (χ1v) is 6.36. The Balaban J connectivity index is 1.93. The fraction of sp³-hybridized carbons (Fsp3) is 0.214. The van der Waals surface area contributed by atoms with Crippen LogP contribution in [0.15, 0.2) is 30.5 Å². The molecule has 1 aromatic carbocycles. The molecule has 2 amide bonds. The van der Waals surface area contributed by atoms with Gasteiger partial charge in [0.1, 0.15) is 5.75 Å². The van der Waals surface area contributed by atoms with Crippen molar-refractivity contribution in [2.24, 2.45) is 0 Å². The van der Waals surface area contributed by atoms with Crippen LogP contribution in [-0.4, -0.2) is 20.9 Å². The van der Waals surface area contributed by atoms with Gasteiger partial charge in [0.25, 0.3) is 0 Å². The normalized spacial score (nSPS) is 9.90. The lowest BCUT2D eigenvalue weighted by Gasteiger charge is -2.07. The third-order valence-electron chi connectivity index (χ3n) is 2.79. The molecule has 21 heavy (non-hydrogen) atoms. The molecule has 7 heteroatoms. The summed E-state index contributed by atoms with van der Waals surface area (Å²) in [5, 5.41) is 27.3. The van der Waals surface area contributed by atoms with Crippen LogP contribution in [0.3, 0.4) is 0 Å². The summed E-state index contributed by atoms with van der Waals surface area (Å²) >= 11 is 0. The minimum absolute atomic E-state index is 0.178. The minimum atomic E-state index is -0.425. The largest absolute Gasteiger partial charge is 0.508 e. The van der Waals surface area contributed by atoms with Crippen LogP contribution in [-0.2, 0) is 6.54 Å². The molecule has 0 aliphatic heterocycles. The minimum Gasteiger partial charge on any atom is -0.508 e. The highest BCUT2D eigenvalue weighted by molar-refractivity contribution is 5.99. The number of amides is 2. The van der Waals surface area contributed by atoms with Gasteiger partial charge in [0.05, 0.1) is 19.0 Å². The van der Waals surface area contributed by atoms with Crippen LogP contribution in [0.5, 0.6) is 5.75 Å². The number of phenolic OH excluding ortho intramolecular Hbond substituents is 1. The number of nitrogens with zero attached hydrogens (tertiary/aromatic N) is 3. The number of nitrogens with one attached hydrogen (secondary N) is 2. The van der Waals surface area contributed by atoms with Crippen LogP contribution in [0.1, 0.15) is 12.0 Å². The van der Waals surface area contributed by atoms with Gasteiger partial charge >= 0.3 is 6.03 Å². The van der Waals surface area contributed by atoms with Gasteiger partial charge in [-0.05, 0) is 30.7 Å². The summed E-state index contributed by atoms with van der Waals surface area (Å²) in [6.07, 6.45) is 2.05. The van der Waals surface area contributed by atoms with Gasteiger partial charge in [-0.25, -0.2) is 4.79 Å². The van der Waals surface area contributed by atoms with Gasteiger partial charge < -0.3 is 10.4 Å². The van der Waals surface area contributed by atoms with Crippen LogP contribution < -0.4 is 10.6 Å². The number of hydrogen-bond donors (Lipinski definition) is 3. The smallest absolute Gasteiger partial charge is 0.324 e. The monoisotopic (exact) mass is 285 g/mol. The number of carbonyl (C=O) groups is 1. The number of nitriles is 1. The lowest BCUT2D eigenvalue weighted by atomic mass is 10.2. The number of aryl methyl sites for hydroxylation is 2. The van der Waals surface area contributed by atoms with Crippen molar-refractivity contribution in [1.29, 1.82) is 5.26 Å². The number of phenols is 1. The number of benzene rings is 1. The zero-order chi connectivity index (χ0) is 15.2. The molecule has 0 unspecified atom stereocenters. The van der Waals surface area contributed by atoms with Gasteiger partial charge in [-0.1, -0.05) is 0 Å². The highest BCUT2D eigenvalue weighted by Crippen LogP contribution is 2.20. The molecule has 2 aromatic rings. The van der Waals surface area contributed by atoms with Crippen LogP contribution in [0, 0.1) is 18.3 Å². The third-order valence-corrected chi connectivity index (χ3v) is 2.79. The number of carbonyl (C=O) groups excluding carboxylic acids is 1. The molecule has 0 aliphatic rings. The summed E-state index contributed by atoms with van der Waals surface area (Å²) in [6.45, 7) is 2.23. The maximum atomic E-state index is 11.8. The van der Waals surface area contributed by atoms with E-state index in [0.717, 1.165) is 0 Å². The molecule has 1 heterocycles. The summed E-state index contributed by atoms with van der Waals surface area (Å²) < 4.78 is 1.59. The molecule has 0 atom stereocenters. The van der Waals surface area contributed by atoms with Crippen LogP contribution >= 0.6 is 0 Å². The quantitative estimate of drug-likeness (QED) is 0.751. The van der Waals surface area contributed by atoms with E-state index in [-0.39, 0.29) is 5.75 Å². The van der Waals surface area contributed by atoms with Crippen LogP contribution in [0.2, 0.25) is 0 Å². The lowest BCUT2D eigenvalue weighted by molar-refractivity contribution is 0.262. The van der Waals surface area contributed by atoms with E-state index >= 15 is 0 Å². The SMILES string of the molecule is Cc1cc(NC(=O)Nc2ccn(CCC#N)n2)ccc1O. The average Bonchev–Trinajstić information content (AvgIpc) is 2.88. The molecule has 0 aliphatic carbocycles. The zero-order valence-electron chi connectivity index (χ0n) is 11.5. The molecule has 108 valence electrons. The van der Waals surface area contributed by atoms with Crippen molar-refractivity contribution in [2.75, 3.05) is 10.6 Å². The van der Waals surface area contributed by atoms with Gasteiger partial charge in [-0.2, -0.15) is 10.4 Å². The van der Waals surface area contributed by atoms with Crippen molar-refractivity contribution in [3.8, 4) is 11.8 Å². The van der Waals surface area contributed by atoms with Crippen molar-refractivity contribution in [2.45, 2.75) is 19.9 Å². The van der Waals surface area contributed by atoms with Gasteiger partial charge in [0, 0.05) is 18.0 Å². The molecule has 0 radical (unpaired) electrons. The van der Waals surface area contributed by atoms with Crippen LogP contribution in [0.25, 0.3) is 0 Å². The fourth-order valence-electron chi connectivity index (χ4n) is 1.73. The molecule has 3 N–H and O–H groups in total. The van der Waals surface area contributed by atoms with E-state index in [1.54, 1.807) is 36.0 Å². The highest BCUT2D eigenvalue weighted by atomic mass is 16.3. The molecule has 1 aromatic heterocycles. The molecule has 0 saturated heterocycles. The highest BCUT2D eigenvalue weighted by Gasteiger charge is 2.06. The number of anilines is 2. The molecule has 0 spiro atoms. The Hall–Kier alpha value is -3.01.